The Hall–Kier alpha value is -2.32. The Bertz CT molecular complexity index is 657. The summed E-state index contributed by atoms with van der Waals surface area (Å²) in [5.74, 6) is -1.08. The monoisotopic (exact) mass is 471 g/mol. The van der Waals surface area contributed by atoms with Crippen LogP contribution in [-0.4, -0.2) is 54.7 Å². The second-order valence-electron chi connectivity index (χ2n) is 10.5. The van der Waals surface area contributed by atoms with Gasteiger partial charge >= 0.3 is 12.1 Å². The van der Waals surface area contributed by atoms with Crippen LogP contribution in [0.15, 0.2) is 0 Å². The SMILES string of the molecule is COC(=O)[C@@H](C)[C@H](CC(C)C)NC(=O)C[C@H](C)NC(=O)C[C@@H](NC(=O)OC(C)(C)C)C(C)C. The average Bonchev–Trinajstić information content (AvgIpc) is 2.63. The number of nitrogens with one attached hydrogen (secondary N) is 3. The van der Waals surface area contributed by atoms with E-state index < -0.39 is 29.7 Å². The first-order valence-electron chi connectivity index (χ1n) is 11.7. The van der Waals surface area contributed by atoms with Crippen LogP contribution in [0.4, 0.5) is 4.79 Å². The zero-order valence-electron chi connectivity index (χ0n) is 22.0. The van der Waals surface area contributed by atoms with E-state index in [0.29, 0.717) is 6.42 Å². The Morgan fingerprint density at radius 2 is 1.33 bits per heavy atom. The lowest BCUT2D eigenvalue weighted by Gasteiger charge is -2.27. The van der Waals surface area contributed by atoms with Gasteiger partial charge in [0.25, 0.3) is 0 Å². The van der Waals surface area contributed by atoms with Gasteiger partial charge in [-0.1, -0.05) is 27.7 Å². The highest BCUT2D eigenvalue weighted by molar-refractivity contribution is 5.81. The molecule has 0 heterocycles. The summed E-state index contributed by atoms with van der Waals surface area (Å²) in [7, 11) is 1.33. The van der Waals surface area contributed by atoms with E-state index in [2.05, 4.69) is 16.0 Å². The van der Waals surface area contributed by atoms with Crippen molar-refractivity contribution in [1.82, 2.24) is 16.0 Å². The van der Waals surface area contributed by atoms with Gasteiger partial charge in [-0.15, -0.1) is 0 Å². The normalized spacial score (nSPS) is 15.3. The summed E-state index contributed by atoms with van der Waals surface area (Å²) in [6.45, 7) is 16.6. The van der Waals surface area contributed by atoms with Crippen LogP contribution in [0.1, 0.15) is 81.6 Å². The molecule has 0 bridgehead atoms. The summed E-state index contributed by atoms with van der Waals surface area (Å²) >= 11 is 0. The first-order valence-corrected chi connectivity index (χ1v) is 11.7. The average molecular weight is 472 g/mol. The highest BCUT2D eigenvalue weighted by Gasteiger charge is 2.28. The van der Waals surface area contributed by atoms with Crippen LogP contribution in [0.5, 0.6) is 0 Å². The number of alkyl carbamates (subject to hydrolysis) is 1. The molecule has 0 saturated heterocycles. The smallest absolute Gasteiger partial charge is 0.407 e. The van der Waals surface area contributed by atoms with E-state index in [1.807, 2.05) is 27.7 Å². The third-order valence-corrected chi connectivity index (χ3v) is 5.06. The molecule has 0 aromatic heterocycles. The number of esters is 1. The minimum Gasteiger partial charge on any atom is -0.469 e. The van der Waals surface area contributed by atoms with Gasteiger partial charge in [-0.25, -0.2) is 4.79 Å². The van der Waals surface area contributed by atoms with Crippen LogP contribution in [-0.2, 0) is 23.9 Å². The maximum Gasteiger partial charge on any atom is 0.407 e. The maximum absolute atomic E-state index is 12.6. The van der Waals surface area contributed by atoms with E-state index in [0.717, 1.165) is 0 Å². The molecule has 0 fully saturated rings. The largest absolute Gasteiger partial charge is 0.469 e. The van der Waals surface area contributed by atoms with Gasteiger partial charge in [0.05, 0.1) is 13.0 Å². The third-order valence-electron chi connectivity index (χ3n) is 5.06. The number of hydrogen-bond donors (Lipinski definition) is 3. The Balaban J connectivity index is 4.84. The van der Waals surface area contributed by atoms with Gasteiger partial charge in [-0.3, -0.25) is 14.4 Å². The van der Waals surface area contributed by atoms with E-state index >= 15 is 0 Å². The molecule has 4 atom stereocenters. The topological polar surface area (TPSA) is 123 Å². The molecule has 0 saturated carbocycles. The van der Waals surface area contributed by atoms with Crippen molar-refractivity contribution in [2.24, 2.45) is 17.8 Å². The van der Waals surface area contributed by atoms with E-state index in [1.165, 1.54) is 7.11 Å². The van der Waals surface area contributed by atoms with Crippen molar-refractivity contribution in [2.45, 2.75) is 105 Å². The first kappa shape index (κ1) is 30.7. The van der Waals surface area contributed by atoms with Gasteiger partial charge in [0.15, 0.2) is 0 Å². The fraction of sp³-hybridized carbons (Fsp3) is 0.833. The molecule has 9 nitrogen and oxygen atoms in total. The van der Waals surface area contributed by atoms with Crippen LogP contribution >= 0.6 is 0 Å². The van der Waals surface area contributed by atoms with Crippen LogP contribution in [0, 0.1) is 17.8 Å². The molecule has 0 unspecified atom stereocenters. The summed E-state index contributed by atoms with van der Waals surface area (Å²) in [6, 6.07) is -1.17. The molecular weight excluding hydrogens is 426 g/mol. The number of carbonyl (C=O) groups excluding carboxylic acids is 4. The van der Waals surface area contributed by atoms with Gasteiger partial charge in [-0.2, -0.15) is 0 Å². The Kier molecular flexibility index (Phi) is 13.1. The molecule has 3 N–H and O–H groups in total. The van der Waals surface area contributed by atoms with Gasteiger partial charge in [-0.05, 0) is 52.9 Å². The summed E-state index contributed by atoms with van der Waals surface area (Å²) in [4.78, 5) is 49.1. The van der Waals surface area contributed by atoms with Crippen LogP contribution < -0.4 is 16.0 Å². The second-order valence-corrected chi connectivity index (χ2v) is 10.5. The summed E-state index contributed by atoms with van der Waals surface area (Å²) in [5.41, 5.74) is -0.630. The van der Waals surface area contributed by atoms with Gasteiger partial charge in [0.2, 0.25) is 11.8 Å². The van der Waals surface area contributed by atoms with Crippen molar-refractivity contribution in [3.05, 3.63) is 0 Å². The van der Waals surface area contributed by atoms with E-state index in [-0.39, 0.29) is 48.5 Å². The predicted octanol–water partition coefficient (Wildman–Crippen LogP) is 3.16. The Labute approximate surface area is 199 Å². The molecule has 0 spiro atoms. The fourth-order valence-corrected chi connectivity index (χ4v) is 3.29. The maximum atomic E-state index is 12.6. The van der Waals surface area contributed by atoms with Crippen molar-refractivity contribution in [1.29, 1.82) is 0 Å². The zero-order valence-corrected chi connectivity index (χ0v) is 22.0. The summed E-state index contributed by atoms with van der Waals surface area (Å²) in [6.07, 6.45) is 0.199. The standard InChI is InChI=1S/C24H45N3O6/c1-14(2)11-19(17(6)22(30)32-10)26-20(28)12-16(5)25-21(29)13-18(15(3)4)27-23(31)33-24(7,8)9/h14-19H,11-13H2,1-10H3,(H,25,29)(H,26,28)(H,27,31)/t16-,17-,18+,19-/m0/s1. The highest BCUT2D eigenvalue weighted by Crippen LogP contribution is 2.15. The molecule has 0 rings (SSSR count). The molecular formula is C24H45N3O6. The van der Waals surface area contributed by atoms with Crippen molar-refractivity contribution >= 4 is 23.9 Å². The molecule has 192 valence electrons. The number of ether oxygens (including phenoxy) is 2. The van der Waals surface area contributed by atoms with E-state index in [9.17, 15) is 19.2 Å². The molecule has 0 aliphatic carbocycles. The first-order chi connectivity index (χ1) is 15.0. The van der Waals surface area contributed by atoms with Crippen LogP contribution in [0.3, 0.4) is 0 Å². The molecule has 0 aliphatic rings. The molecule has 33 heavy (non-hydrogen) atoms. The molecule has 9 heteroatoms. The lowest BCUT2D eigenvalue weighted by molar-refractivity contribution is -0.146. The Morgan fingerprint density at radius 3 is 1.79 bits per heavy atom. The number of hydrogen-bond acceptors (Lipinski definition) is 6. The number of methoxy groups -OCH3 is 1. The molecule has 3 amide bonds. The van der Waals surface area contributed by atoms with E-state index in [4.69, 9.17) is 9.47 Å². The number of amides is 3. The van der Waals surface area contributed by atoms with Crippen molar-refractivity contribution in [3.8, 4) is 0 Å². The minimum atomic E-state index is -0.630. The van der Waals surface area contributed by atoms with Gasteiger partial charge in [0, 0.05) is 31.0 Å². The predicted molar refractivity (Wildman–Crippen MR) is 127 cm³/mol. The zero-order chi connectivity index (χ0) is 25.9. The lowest BCUT2D eigenvalue weighted by Crippen LogP contribution is -2.47. The van der Waals surface area contributed by atoms with Crippen LogP contribution in [0.2, 0.25) is 0 Å². The second kappa shape index (κ2) is 14.1. The van der Waals surface area contributed by atoms with Crippen molar-refractivity contribution in [3.63, 3.8) is 0 Å². The van der Waals surface area contributed by atoms with Crippen molar-refractivity contribution in [2.75, 3.05) is 7.11 Å². The van der Waals surface area contributed by atoms with Gasteiger partial charge in [0.1, 0.15) is 5.60 Å². The number of carbonyl (C=O) groups is 4. The minimum absolute atomic E-state index is 0.0125. The quantitative estimate of drug-likeness (QED) is 0.376. The van der Waals surface area contributed by atoms with Crippen molar-refractivity contribution < 1.29 is 28.7 Å². The molecule has 0 aromatic rings. The molecule has 0 aromatic carbocycles. The molecule has 0 aliphatic heterocycles. The van der Waals surface area contributed by atoms with Crippen LogP contribution in [0.25, 0.3) is 0 Å². The number of rotatable bonds is 12. The summed E-state index contributed by atoms with van der Waals surface area (Å²) in [5, 5.41) is 8.47. The van der Waals surface area contributed by atoms with E-state index in [1.54, 1.807) is 34.6 Å². The third kappa shape index (κ3) is 13.7. The van der Waals surface area contributed by atoms with Gasteiger partial charge < -0.3 is 25.4 Å². The fourth-order valence-electron chi connectivity index (χ4n) is 3.29. The molecule has 0 radical (unpaired) electrons. The lowest BCUT2D eigenvalue weighted by atomic mass is 9.93. The Morgan fingerprint density at radius 1 is 0.788 bits per heavy atom. The summed E-state index contributed by atoms with van der Waals surface area (Å²) < 4.78 is 10.1. The highest BCUT2D eigenvalue weighted by atomic mass is 16.6.